The normalized spacial score (nSPS) is 34.5. The topological polar surface area (TPSA) is 81.8 Å². The first-order chi connectivity index (χ1) is 13.0. The molecular formula is C20H24N4O3. The van der Waals surface area contributed by atoms with Crippen LogP contribution in [0.5, 0.6) is 0 Å². The van der Waals surface area contributed by atoms with E-state index in [9.17, 15) is 14.4 Å². The van der Waals surface area contributed by atoms with Crippen molar-refractivity contribution >= 4 is 23.4 Å². The molecule has 0 aromatic heterocycles. The standard InChI is InChI=1S/C20H24N4O3/c1-23-9-13(8-17(23)25)19(27)24-10-12-6-7-20(15(12)11-24)21-16-5-3-2-4-14(16)18(26)22-20/h2-5,12-13,15,21H,6-11H2,1H3,(H,22,26)/t12-,13?,15+,20+/m1/s1. The minimum atomic E-state index is -0.479. The summed E-state index contributed by atoms with van der Waals surface area (Å²) in [5.74, 6) is 0.418. The number of likely N-dealkylation sites (tertiary alicyclic amines) is 2. The molecule has 2 N–H and O–H groups in total. The lowest BCUT2D eigenvalue weighted by atomic mass is 9.89. The first-order valence-corrected chi connectivity index (χ1v) is 9.69. The maximum atomic E-state index is 12.9. The van der Waals surface area contributed by atoms with Gasteiger partial charge in [0.15, 0.2) is 0 Å². The third kappa shape index (κ3) is 2.44. The Morgan fingerprint density at radius 2 is 1.96 bits per heavy atom. The molecule has 5 rings (SSSR count). The predicted octanol–water partition coefficient (Wildman–Crippen LogP) is 0.885. The minimum absolute atomic E-state index is 0.0435. The van der Waals surface area contributed by atoms with Crippen LogP contribution in [-0.2, 0) is 9.59 Å². The van der Waals surface area contributed by atoms with Gasteiger partial charge in [-0.15, -0.1) is 0 Å². The molecule has 4 aliphatic rings. The van der Waals surface area contributed by atoms with Gasteiger partial charge in [0.25, 0.3) is 5.91 Å². The van der Waals surface area contributed by atoms with Crippen LogP contribution in [0, 0.1) is 17.8 Å². The van der Waals surface area contributed by atoms with E-state index in [0.717, 1.165) is 25.1 Å². The van der Waals surface area contributed by atoms with Crippen molar-refractivity contribution in [3.8, 4) is 0 Å². The van der Waals surface area contributed by atoms with Crippen LogP contribution in [0.1, 0.15) is 29.6 Å². The summed E-state index contributed by atoms with van der Waals surface area (Å²) in [6.45, 7) is 1.86. The summed E-state index contributed by atoms with van der Waals surface area (Å²) < 4.78 is 0. The average Bonchev–Trinajstić information content (AvgIpc) is 3.31. The predicted molar refractivity (Wildman–Crippen MR) is 98.8 cm³/mol. The molecular weight excluding hydrogens is 344 g/mol. The van der Waals surface area contributed by atoms with Gasteiger partial charge in [0.1, 0.15) is 5.66 Å². The number of rotatable bonds is 1. The van der Waals surface area contributed by atoms with E-state index in [1.807, 2.05) is 29.2 Å². The number of hydrogen-bond donors (Lipinski definition) is 2. The van der Waals surface area contributed by atoms with Crippen molar-refractivity contribution in [2.45, 2.75) is 24.9 Å². The average molecular weight is 368 g/mol. The van der Waals surface area contributed by atoms with E-state index < -0.39 is 5.66 Å². The summed E-state index contributed by atoms with van der Waals surface area (Å²) in [6.07, 6.45) is 2.16. The van der Waals surface area contributed by atoms with Gasteiger partial charge in [-0.1, -0.05) is 12.1 Å². The quantitative estimate of drug-likeness (QED) is 0.771. The number of amides is 3. The van der Waals surface area contributed by atoms with E-state index >= 15 is 0 Å². The maximum Gasteiger partial charge on any atom is 0.255 e. The highest BCUT2D eigenvalue weighted by molar-refractivity contribution is 6.02. The Labute approximate surface area is 158 Å². The minimum Gasteiger partial charge on any atom is -0.362 e. The number of para-hydroxylation sites is 1. The van der Waals surface area contributed by atoms with Crippen LogP contribution >= 0.6 is 0 Å². The number of carbonyl (C=O) groups is 3. The fraction of sp³-hybridized carbons (Fsp3) is 0.550. The maximum absolute atomic E-state index is 12.9. The van der Waals surface area contributed by atoms with E-state index in [1.165, 1.54) is 0 Å². The summed E-state index contributed by atoms with van der Waals surface area (Å²) in [6, 6.07) is 7.57. The highest BCUT2D eigenvalue weighted by atomic mass is 16.2. The molecule has 3 amide bonds. The molecule has 1 unspecified atom stereocenters. The van der Waals surface area contributed by atoms with E-state index in [2.05, 4.69) is 10.6 Å². The molecule has 2 saturated heterocycles. The second kappa shape index (κ2) is 5.71. The van der Waals surface area contributed by atoms with Crippen LogP contribution in [0.2, 0.25) is 0 Å². The summed E-state index contributed by atoms with van der Waals surface area (Å²) in [7, 11) is 1.75. The van der Waals surface area contributed by atoms with Gasteiger partial charge in [-0.05, 0) is 30.9 Å². The molecule has 1 spiro atoms. The van der Waals surface area contributed by atoms with Crippen LogP contribution in [0.3, 0.4) is 0 Å². The van der Waals surface area contributed by atoms with Gasteiger partial charge in [0, 0.05) is 44.7 Å². The van der Waals surface area contributed by atoms with Gasteiger partial charge < -0.3 is 20.4 Å². The number of nitrogens with zero attached hydrogens (tertiary/aromatic N) is 2. The number of anilines is 1. The Morgan fingerprint density at radius 3 is 2.74 bits per heavy atom. The van der Waals surface area contributed by atoms with E-state index in [0.29, 0.717) is 31.0 Å². The highest BCUT2D eigenvalue weighted by Crippen LogP contribution is 2.47. The first-order valence-electron chi connectivity index (χ1n) is 9.69. The van der Waals surface area contributed by atoms with Gasteiger partial charge in [-0.25, -0.2) is 0 Å². The highest BCUT2D eigenvalue weighted by Gasteiger charge is 2.56. The molecule has 3 aliphatic heterocycles. The van der Waals surface area contributed by atoms with Crippen LogP contribution in [0.15, 0.2) is 24.3 Å². The van der Waals surface area contributed by atoms with Crippen molar-refractivity contribution in [3.63, 3.8) is 0 Å². The second-order valence-corrected chi connectivity index (χ2v) is 8.42. The van der Waals surface area contributed by atoms with Crippen molar-refractivity contribution in [3.05, 3.63) is 29.8 Å². The summed E-state index contributed by atoms with van der Waals surface area (Å²) in [5, 5.41) is 6.80. The zero-order valence-electron chi connectivity index (χ0n) is 15.4. The molecule has 1 aliphatic carbocycles. The van der Waals surface area contributed by atoms with Crippen molar-refractivity contribution in [1.29, 1.82) is 0 Å². The first kappa shape index (κ1) is 16.6. The zero-order valence-corrected chi connectivity index (χ0v) is 15.4. The molecule has 7 heteroatoms. The fourth-order valence-electron chi connectivity index (χ4n) is 5.43. The number of fused-ring (bicyclic) bond motifs is 3. The smallest absolute Gasteiger partial charge is 0.255 e. The van der Waals surface area contributed by atoms with E-state index in [4.69, 9.17) is 0 Å². The Balaban J connectivity index is 1.36. The van der Waals surface area contributed by atoms with Crippen LogP contribution < -0.4 is 10.6 Å². The van der Waals surface area contributed by atoms with Crippen LogP contribution in [-0.4, -0.2) is 59.9 Å². The zero-order chi connectivity index (χ0) is 18.8. The molecule has 1 aromatic carbocycles. The van der Waals surface area contributed by atoms with Crippen molar-refractivity contribution in [1.82, 2.24) is 15.1 Å². The van der Waals surface area contributed by atoms with Gasteiger partial charge in [0.2, 0.25) is 11.8 Å². The van der Waals surface area contributed by atoms with E-state index in [1.54, 1.807) is 11.9 Å². The van der Waals surface area contributed by atoms with Crippen molar-refractivity contribution < 1.29 is 14.4 Å². The molecule has 7 nitrogen and oxygen atoms in total. The third-order valence-corrected chi connectivity index (χ3v) is 6.85. The molecule has 4 atom stereocenters. The van der Waals surface area contributed by atoms with Gasteiger partial charge in [-0.3, -0.25) is 14.4 Å². The van der Waals surface area contributed by atoms with Crippen LogP contribution in [0.4, 0.5) is 5.69 Å². The molecule has 1 saturated carbocycles. The molecule has 142 valence electrons. The van der Waals surface area contributed by atoms with E-state index in [-0.39, 0.29) is 29.6 Å². The lowest BCUT2D eigenvalue weighted by Crippen LogP contribution is -2.61. The Kier molecular flexibility index (Phi) is 3.51. The Hall–Kier alpha value is -2.57. The number of carbonyl (C=O) groups excluding carboxylic acids is 3. The SMILES string of the molecule is CN1CC(C(=O)N2C[C@H]3CC[C@]4(NC(=O)c5ccccc5N4)[C@H]3C2)CC1=O. The Bertz CT molecular complexity index is 840. The van der Waals surface area contributed by atoms with Crippen molar-refractivity contribution in [2.75, 3.05) is 32.0 Å². The van der Waals surface area contributed by atoms with Crippen molar-refractivity contribution in [2.24, 2.45) is 17.8 Å². The van der Waals surface area contributed by atoms with Gasteiger partial charge >= 0.3 is 0 Å². The van der Waals surface area contributed by atoms with Crippen LogP contribution in [0.25, 0.3) is 0 Å². The number of hydrogen-bond acceptors (Lipinski definition) is 4. The molecule has 0 radical (unpaired) electrons. The molecule has 0 bridgehead atoms. The lowest BCUT2D eigenvalue weighted by molar-refractivity contribution is -0.135. The second-order valence-electron chi connectivity index (χ2n) is 8.42. The monoisotopic (exact) mass is 368 g/mol. The fourth-order valence-corrected chi connectivity index (χ4v) is 5.43. The Morgan fingerprint density at radius 1 is 1.15 bits per heavy atom. The lowest BCUT2D eigenvalue weighted by Gasteiger charge is -2.42. The number of nitrogens with one attached hydrogen (secondary N) is 2. The largest absolute Gasteiger partial charge is 0.362 e. The summed E-state index contributed by atoms with van der Waals surface area (Å²) in [5.41, 5.74) is 1.06. The third-order valence-electron chi connectivity index (χ3n) is 6.85. The van der Waals surface area contributed by atoms with Gasteiger partial charge in [0.05, 0.1) is 11.5 Å². The summed E-state index contributed by atoms with van der Waals surface area (Å²) in [4.78, 5) is 41.0. The molecule has 3 heterocycles. The molecule has 3 fully saturated rings. The molecule has 1 aromatic rings. The van der Waals surface area contributed by atoms with Gasteiger partial charge in [-0.2, -0.15) is 0 Å². The summed E-state index contributed by atoms with van der Waals surface area (Å²) >= 11 is 0. The number of benzene rings is 1. The molecule has 27 heavy (non-hydrogen) atoms.